The molecule has 1 aromatic carbocycles. The van der Waals surface area contributed by atoms with Gasteiger partial charge in [0.2, 0.25) is 0 Å². The Hall–Kier alpha value is -0.250. The Kier molecular flexibility index (Phi) is 3.24. The first-order valence-electron chi connectivity index (χ1n) is 4.93. The van der Waals surface area contributed by atoms with Gasteiger partial charge in [-0.1, -0.05) is 18.5 Å². The van der Waals surface area contributed by atoms with Gasteiger partial charge in [-0.3, -0.25) is 0 Å². The molecule has 0 aromatic heterocycles. The van der Waals surface area contributed by atoms with Crippen LogP contribution >= 0.6 is 23.4 Å². The summed E-state index contributed by atoms with van der Waals surface area (Å²) in [6, 6.07) is 2.78. The summed E-state index contributed by atoms with van der Waals surface area (Å²) in [5.41, 5.74) is 7.48. The average Bonchev–Trinajstić information content (AvgIpc) is 2.32. The average molecular weight is 246 g/mol. The number of benzene rings is 1. The summed E-state index contributed by atoms with van der Waals surface area (Å²) < 4.78 is 13.7. The van der Waals surface area contributed by atoms with Crippen molar-refractivity contribution in [1.82, 2.24) is 0 Å². The standard InChI is InChI=1S/C11H13ClFNS/c1-6-4-10(14)11-7(5-15-6)8(12)2-3-9(11)13/h2-3,6,10H,4-5,14H2,1H3/t6?,10-/m1/s1. The fraction of sp³-hybridized carbons (Fsp3) is 0.455. The highest BCUT2D eigenvalue weighted by Gasteiger charge is 2.24. The lowest BCUT2D eigenvalue weighted by Gasteiger charge is -2.15. The van der Waals surface area contributed by atoms with Crippen LogP contribution in [0, 0.1) is 5.82 Å². The summed E-state index contributed by atoms with van der Waals surface area (Å²) in [6.45, 7) is 2.11. The molecule has 0 saturated heterocycles. The number of nitrogens with two attached hydrogens (primary N) is 1. The molecule has 82 valence electrons. The van der Waals surface area contributed by atoms with E-state index in [1.165, 1.54) is 6.07 Å². The molecule has 1 aliphatic rings. The highest BCUT2D eigenvalue weighted by atomic mass is 35.5. The van der Waals surface area contributed by atoms with Gasteiger partial charge in [-0.25, -0.2) is 4.39 Å². The van der Waals surface area contributed by atoms with Crippen molar-refractivity contribution in [3.8, 4) is 0 Å². The first-order valence-corrected chi connectivity index (χ1v) is 6.36. The topological polar surface area (TPSA) is 26.0 Å². The molecular formula is C11H13ClFNS. The zero-order chi connectivity index (χ0) is 11.0. The second-order valence-electron chi connectivity index (χ2n) is 3.89. The second-order valence-corrected chi connectivity index (χ2v) is 5.72. The molecule has 2 rings (SSSR count). The van der Waals surface area contributed by atoms with E-state index in [1.807, 2.05) is 0 Å². The Morgan fingerprint density at radius 3 is 3.00 bits per heavy atom. The summed E-state index contributed by atoms with van der Waals surface area (Å²) in [5, 5.41) is 1.08. The summed E-state index contributed by atoms with van der Waals surface area (Å²) in [4.78, 5) is 0. The van der Waals surface area contributed by atoms with Crippen molar-refractivity contribution >= 4 is 23.4 Å². The maximum absolute atomic E-state index is 13.7. The smallest absolute Gasteiger partial charge is 0.128 e. The van der Waals surface area contributed by atoms with Crippen LogP contribution in [-0.4, -0.2) is 5.25 Å². The number of hydrogen-bond acceptors (Lipinski definition) is 2. The van der Waals surface area contributed by atoms with E-state index in [-0.39, 0.29) is 11.9 Å². The first-order chi connectivity index (χ1) is 7.09. The van der Waals surface area contributed by atoms with Crippen molar-refractivity contribution in [2.75, 3.05) is 0 Å². The Labute approximate surface area is 98.2 Å². The highest BCUT2D eigenvalue weighted by Crippen LogP contribution is 2.38. The number of halogens is 2. The molecule has 1 nitrogen and oxygen atoms in total. The van der Waals surface area contributed by atoms with E-state index >= 15 is 0 Å². The quantitative estimate of drug-likeness (QED) is 0.757. The SMILES string of the molecule is CC1C[C@@H](N)c2c(F)ccc(Cl)c2CS1. The number of rotatable bonds is 0. The molecule has 0 spiro atoms. The van der Waals surface area contributed by atoms with Gasteiger partial charge in [0.15, 0.2) is 0 Å². The molecule has 0 saturated carbocycles. The summed E-state index contributed by atoms with van der Waals surface area (Å²) in [6.07, 6.45) is 0.801. The van der Waals surface area contributed by atoms with E-state index in [0.29, 0.717) is 15.8 Å². The van der Waals surface area contributed by atoms with Gasteiger partial charge in [-0.2, -0.15) is 11.8 Å². The van der Waals surface area contributed by atoms with E-state index in [4.69, 9.17) is 17.3 Å². The summed E-state index contributed by atoms with van der Waals surface area (Å²) >= 11 is 7.84. The van der Waals surface area contributed by atoms with Crippen LogP contribution in [0.25, 0.3) is 0 Å². The molecule has 2 atom stereocenters. The maximum Gasteiger partial charge on any atom is 0.128 e. The van der Waals surface area contributed by atoms with E-state index in [0.717, 1.165) is 17.7 Å². The molecule has 0 fully saturated rings. The molecule has 0 aliphatic carbocycles. The van der Waals surface area contributed by atoms with E-state index < -0.39 is 0 Å². The van der Waals surface area contributed by atoms with Crippen LogP contribution < -0.4 is 5.73 Å². The van der Waals surface area contributed by atoms with Crippen molar-refractivity contribution in [3.63, 3.8) is 0 Å². The van der Waals surface area contributed by atoms with Crippen LogP contribution in [0.4, 0.5) is 4.39 Å². The Morgan fingerprint density at radius 2 is 2.27 bits per heavy atom. The minimum Gasteiger partial charge on any atom is -0.324 e. The Morgan fingerprint density at radius 1 is 1.53 bits per heavy atom. The van der Waals surface area contributed by atoms with Gasteiger partial charge in [0.05, 0.1) is 0 Å². The molecule has 1 heterocycles. The molecule has 1 unspecified atom stereocenters. The molecular weight excluding hydrogens is 233 g/mol. The van der Waals surface area contributed by atoms with Crippen LogP contribution in [0.15, 0.2) is 12.1 Å². The van der Waals surface area contributed by atoms with Crippen LogP contribution in [0.5, 0.6) is 0 Å². The van der Waals surface area contributed by atoms with Gasteiger partial charge in [-0.05, 0) is 24.1 Å². The molecule has 15 heavy (non-hydrogen) atoms. The van der Waals surface area contributed by atoms with Gasteiger partial charge in [0.25, 0.3) is 0 Å². The van der Waals surface area contributed by atoms with Crippen molar-refractivity contribution in [3.05, 3.63) is 34.1 Å². The highest BCUT2D eigenvalue weighted by molar-refractivity contribution is 7.99. The minimum atomic E-state index is -0.233. The van der Waals surface area contributed by atoms with Crippen LogP contribution in [-0.2, 0) is 5.75 Å². The molecule has 2 N–H and O–H groups in total. The maximum atomic E-state index is 13.7. The number of hydrogen-bond donors (Lipinski definition) is 1. The number of thioether (sulfide) groups is 1. The molecule has 1 aromatic rings. The van der Waals surface area contributed by atoms with Crippen LogP contribution in [0.2, 0.25) is 5.02 Å². The predicted octanol–water partition coefficient (Wildman–Crippen LogP) is 3.50. The third-order valence-corrected chi connectivity index (χ3v) is 4.29. The fourth-order valence-corrected chi connectivity index (χ4v) is 3.34. The minimum absolute atomic E-state index is 0.225. The van der Waals surface area contributed by atoms with Gasteiger partial charge < -0.3 is 5.73 Å². The van der Waals surface area contributed by atoms with Crippen LogP contribution in [0.3, 0.4) is 0 Å². The lowest BCUT2D eigenvalue weighted by molar-refractivity contribution is 0.563. The third-order valence-electron chi connectivity index (χ3n) is 2.72. The summed E-state index contributed by atoms with van der Waals surface area (Å²) in [7, 11) is 0. The Balaban J connectivity index is 2.52. The van der Waals surface area contributed by atoms with E-state index in [1.54, 1.807) is 17.8 Å². The van der Waals surface area contributed by atoms with Crippen LogP contribution in [0.1, 0.15) is 30.5 Å². The van der Waals surface area contributed by atoms with Crippen molar-refractivity contribution < 1.29 is 4.39 Å². The van der Waals surface area contributed by atoms with E-state index in [9.17, 15) is 4.39 Å². The van der Waals surface area contributed by atoms with Crippen molar-refractivity contribution in [1.29, 1.82) is 0 Å². The molecule has 0 amide bonds. The largest absolute Gasteiger partial charge is 0.324 e. The fourth-order valence-electron chi connectivity index (χ4n) is 1.93. The van der Waals surface area contributed by atoms with E-state index in [2.05, 4.69) is 6.92 Å². The lowest BCUT2D eigenvalue weighted by atomic mass is 9.98. The van der Waals surface area contributed by atoms with Gasteiger partial charge in [0, 0.05) is 27.6 Å². The predicted molar refractivity (Wildman–Crippen MR) is 63.7 cm³/mol. The number of fused-ring (bicyclic) bond motifs is 1. The zero-order valence-corrected chi connectivity index (χ0v) is 10.0. The van der Waals surface area contributed by atoms with Crippen molar-refractivity contribution in [2.45, 2.75) is 30.4 Å². The normalized spacial score (nSPS) is 25.9. The Bertz CT molecular complexity index is 383. The molecule has 0 radical (unpaired) electrons. The van der Waals surface area contributed by atoms with Gasteiger partial charge >= 0.3 is 0 Å². The van der Waals surface area contributed by atoms with Gasteiger partial charge in [-0.15, -0.1) is 0 Å². The molecule has 1 aliphatic heterocycles. The van der Waals surface area contributed by atoms with Crippen molar-refractivity contribution in [2.24, 2.45) is 5.73 Å². The second kappa shape index (κ2) is 4.32. The summed E-state index contributed by atoms with van der Waals surface area (Å²) in [5.74, 6) is 0.525. The molecule has 4 heteroatoms. The van der Waals surface area contributed by atoms with Gasteiger partial charge in [0.1, 0.15) is 5.82 Å². The molecule has 0 bridgehead atoms. The zero-order valence-electron chi connectivity index (χ0n) is 8.47. The lowest BCUT2D eigenvalue weighted by Crippen LogP contribution is -2.15. The monoisotopic (exact) mass is 245 g/mol. The third kappa shape index (κ3) is 2.14. The first kappa shape index (κ1) is 11.2.